The molecule has 204 valence electrons. The molecule has 2 aliphatic carbocycles. The minimum atomic E-state index is -3.58. The molecule has 2 aromatic carbocycles. The monoisotopic (exact) mass is 516 g/mol. The number of ether oxygens (including phenoxy) is 1. The number of alkyl halides is 2. The van der Waals surface area contributed by atoms with Gasteiger partial charge in [0.15, 0.2) is 0 Å². The van der Waals surface area contributed by atoms with Crippen molar-refractivity contribution < 1.29 is 23.0 Å². The van der Waals surface area contributed by atoms with Crippen LogP contribution >= 0.6 is 0 Å². The van der Waals surface area contributed by atoms with Gasteiger partial charge in [-0.25, -0.2) is 4.39 Å². The molecule has 0 bridgehead atoms. The van der Waals surface area contributed by atoms with E-state index in [1.54, 1.807) is 26.0 Å². The lowest BCUT2D eigenvalue weighted by Crippen LogP contribution is -2.35. The Labute approximate surface area is 220 Å². The summed E-state index contributed by atoms with van der Waals surface area (Å²) in [7, 11) is 0. The van der Waals surface area contributed by atoms with Gasteiger partial charge in [-0.3, -0.25) is 0 Å². The third-order valence-electron chi connectivity index (χ3n) is 9.13. The highest BCUT2D eigenvalue weighted by Gasteiger charge is 2.42. The van der Waals surface area contributed by atoms with Gasteiger partial charge in [0.1, 0.15) is 11.6 Å². The second kappa shape index (κ2) is 11.0. The summed E-state index contributed by atoms with van der Waals surface area (Å²) in [6.45, 7) is 8.63. The van der Waals surface area contributed by atoms with Gasteiger partial charge in [0.25, 0.3) is 0 Å². The maximum absolute atomic E-state index is 15.4. The summed E-state index contributed by atoms with van der Waals surface area (Å²) in [5, 5.41) is 11.6. The molecule has 37 heavy (non-hydrogen) atoms. The zero-order chi connectivity index (χ0) is 27.0. The lowest BCUT2D eigenvalue weighted by molar-refractivity contribution is -0.186. The molecule has 2 aliphatic rings. The first-order valence-corrected chi connectivity index (χ1v) is 14.1. The summed E-state index contributed by atoms with van der Waals surface area (Å²) < 4.78 is 49.8. The van der Waals surface area contributed by atoms with Crippen LogP contribution in [0.4, 0.5) is 13.2 Å². The van der Waals surface area contributed by atoms with Gasteiger partial charge in [-0.15, -0.1) is 0 Å². The van der Waals surface area contributed by atoms with E-state index in [2.05, 4.69) is 6.92 Å². The van der Waals surface area contributed by atoms with Crippen molar-refractivity contribution in [1.29, 1.82) is 0 Å². The second-order valence-corrected chi connectivity index (χ2v) is 11.9. The Bertz CT molecular complexity index is 1050. The Morgan fingerprint density at radius 1 is 0.838 bits per heavy atom. The van der Waals surface area contributed by atoms with Gasteiger partial charge in [-0.1, -0.05) is 44.7 Å². The van der Waals surface area contributed by atoms with Crippen LogP contribution < -0.4 is 4.74 Å². The van der Waals surface area contributed by atoms with Crippen molar-refractivity contribution in [2.75, 3.05) is 0 Å². The zero-order valence-electron chi connectivity index (χ0n) is 23.1. The summed E-state index contributed by atoms with van der Waals surface area (Å²) in [6.07, 6.45) is 7.65. The Morgan fingerprint density at radius 3 is 1.86 bits per heavy atom. The SMILES string of the molecule is CCCC1CCC(C2CCC(O)(c3cc(C)c(C(F)(F)Oc4cc(C)c(F)c(C)c4)c(C)c3)CC2)CC1. The van der Waals surface area contributed by atoms with E-state index in [4.69, 9.17) is 4.74 Å². The summed E-state index contributed by atoms with van der Waals surface area (Å²) in [5.74, 6) is 1.83. The lowest BCUT2D eigenvalue weighted by atomic mass is 9.66. The maximum atomic E-state index is 15.4. The topological polar surface area (TPSA) is 29.5 Å². The van der Waals surface area contributed by atoms with Crippen LogP contribution in [0.3, 0.4) is 0 Å². The molecule has 2 aromatic rings. The molecule has 0 atom stereocenters. The normalized spacial score (nSPS) is 26.8. The quantitative estimate of drug-likeness (QED) is 0.397. The number of halogens is 3. The molecule has 0 radical (unpaired) electrons. The molecule has 2 nitrogen and oxygen atoms in total. The zero-order valence-corrected chi connectivity index (χ0v) is 23.1. The average molecular weight is 517 g/mol. The fraction of sp³-hybridized carbons (Fsp3) is 0.625. The number of hydrogen-bond donors (Lipinski definition) is 1. The van der Waals surface area contributed by atoms with E-state index < -0.39 is 17.5 Å². The highest BCUT2D eigenvalue weighted by Crippen LogP contribution is 2.47. The molecular formula is C32H43F3O2. The first-order chi connectivity index (χ1) is 17.4. The van der Waals surface area contributed by atoms with Crippen molar-refractivity contribution >= 4 is 0 Å². The second-order valence-electron chi connectivity index (χ2n) is 11.9. The Morgan fingerprint density at radius 2 is 1.35 bits per heavy atom. The van der Waals surface area contributed by atoms with Crippen molar-refractivity contribution in [1.82, 2.24) is 0 Å². The van der Waals surface area contributed by atoms with Crippen molar-refractivity contribution in [3.8, 4) is 5.75 Å². The molecule has 0 aromatic heterocycles. The molecule has 2 fully saturated rings. The van der Waals surface area contributed by atoms with Crippen LogP contribution in [0, 0.1) is 51.3 Å². The van der Waals surface area contributed by atoms with Crippen LogP contribution in [0.5, 0.6) is 5.75 Å². The number of benzene rings is 2. The smallest absolute Gasteiger partial charge is 0.427 e. The van der Waals surface area contributed by atoms with E-state index in [0.29, 0.717) is 29.9 Å². The fourth-order valence-electron chi connectivity index (χ4n) is 7.09. The van der Waals surface area contributed by atoms with E-state index in [1.807, 2.05) is 0 Å². The largest absolute Gasteiger partial charge is 0.429 e. The molecule has 1 N–H and O–H groups in total. The predicted octanol–water partition coefficient (Wildman–Crippen LogP) is 9.17. The van der Waals surface area contributed by atoms with Crippen molar-refractivity contribution in [2.24, 2.45) is 17.8 Å². The predicted molar refractivity (Wildman–Crippen MR) is 143 cm³/mol. The average Bonchev–Trinajstić information content (AvgIpc) is 2.83. The Hall–Kier alpha value is -2.01. The van der Waals surface area contributed by atoms with E-state index >= 15 is 8.78 Å². The summed E-state index contributed by atoms with van der Waals surface area (Å²) >= 11 is 0. The van der Waals surface area contributed by atoms with Gasteiger partial charge in [0.2, 0.25) is 0 Å². The van der Waals surface area contributed by atoms with Gasteiger partial charge in [0.05, 0.1) is 11.2 Å². The lowest BCUT2D eigenvalue weighted by Gasteiger charge is -2.42. The first kappa shape index (κ1) is 28.0. The van der Waals surface area contributed by atoms with E-state index in [-0.39, 0.29) is 22.4 Å². The van der Waals surface area contributed by atoms with E-state index in [9.17, 15) is 9.50 Å². The molecule has 4 rings (SSSR count). The van der Waals surface area contributed by atoms with E-state index in [1.165, 1.54) is 64.5 Å². The Balaban J connectivity index is 1.46. The molecule has 0 spiro atoms. The van der Waals surface area contributed by atoms with Crippen LogP contribution in [0.25, 0.3) is 0 Å². The first-order valence-electron chi connectivity index (χ1n) is 14.1. The van der Waals surface area contributed by atoms with Crippen LogP contribution in [0.2, 0.25) is 0 Å². The molecule has 0 heterocycles. The van der Waals surface area contributed by atoms with Crippen molar-refractivity contribution in [2.45, 2.75) is 111 Å². The third kappa shape index (κ3) is 6.02. The molecule has 2 saturated carbocycles. The molecular weight excluding hydrogens is 473 g/mol. The van der Waals surface area contributed by atoms with Gasteiger partial charge in [-0.2, -0.15) is 8.78 Å². The van der Waals surface area contributed by atoms with Gasteiger partial charge in [0, 0.05) is 0 Å². The highest BCUT2D eigenvalue weighted by atomic mass is 19.3. The number of aryl methyl sites for hydroxylation is 4. The van der Waals surface area contributed by atoms with Crippen LogP contribution in [0.1, 0.15) is 105 Å². The summed E-state index contributed by atoms with van der Waals surface area (Å²) in [5.41, 5.74) is 0.854. The van der Waals surface area contributed by atoms with Crippen LogP contribution in [0.15, 0.2) is 24.3 Å². The minimum absolute atomic E-state index is 0.0649. The molecule has 0 saturated heterocycles. The maximum Gasteiger partial charge on any atom is 0.427 e. The van der Waals surface area contributed by atoms with E-state index in [0.717, 1.165) is 30.2 Å². The van der Waals surface area contributed by atoms with Crippen molar-refractivity contribution in [3.05, 3.63) is 63.5 Å². The summed E-state index contributed by atoms with van der Waals surface area (Å²) in [6, 6.07) is 6.01. The Kier molecular flexibility index (Phi) is 8.33. The number of rotatable bonds is 7. The van der Waals surface area contributed by atoms with Gasteiger partial charge in [-0.05, 0) is 124 Å². The van der Waals surface area contributed by atoms with Gasteiger partial charge >= 0.3 is 6.11 Å². The number of aliphatic hydroxyl groups is 1. The highest BCUT2D eigenvalue weighted by molar-refractivity contribution is 5.43. The standard InChI is InChI=1S/C32H43F3O2/c1-6-7-24-8-10-25(11-9-24)26-12-14-31(36,15-13-26)27-16-20(2)29(21(3)17-27)32(34,35)37-28-18-22(4)30(33)23(5)19-28/h16-19,24-26,36H,6-15H2,1-5H3. The number of hydrogen-bond acceptors (Lipinski definition) is 2. The minimum Gasteiger partial charge on any atom is -0.429 e. The van der Waals surface area contributed by atoms with Crippen LogP contribution in [-0.4, -0.2) is 5.11 Å². The molecule has 0 amide bonds. The molecule has 0 aliphatic heterocycles. The van der Waals surface area contributed by atoms with Crippen molar-refractivity contribution in [3.63, 3.8) is 0 Å². The van der Waals surface area contributed by atoms with Crippen LogP contribution in [-0.2, 0) is 11.7 Å². The molecule has 5 heteroatoms. The fourth-order valence-corrected chi connectivity index (χ4v) is 7.09. The molecule has 0 unspecified atom stereocenters. The third-order valence-corrected chi connectivity index (χ3v) is 9.13. The summed E-state index contributed by atoms with van der Waals surface area (Å²) in [4.78, 5) is 0. The van der Waals surface area contributed by atoms with Gasteiger partial charge < -0.3 is 9.84 Å².